The maximum atomic E-state index is 12.0. The number of carbonyl (C=O) groups is 2. The fourth-order valence-corrected chi connectivity index (χ4v) is 2.54. The van der Waals surface area contributed by atoms with E-state index < -0.39 is 11.5 Å². The summed E-state index contributed by atoms with van der Waals surface area (Å²) in [7, 11) is 0. The van der Waals surface area contributed by atoms with Crippen molar-refractivity contribution in [2.75, 3.05) is 0 Å². The van der Waals surface area contributed by atoms with Crippen molar-refractivity contribution in [2.24, 2.45) is 0 Å². The highest BCUT2D eigenvalue weighted by atomic mass is 16.4. The van der Waals surface area contributed by atoms with E-state index in [1.165, 1.54) is 0 Å². The van der Waals surface area contributed by atoms with Crippen molar-refractivity contribution >= 4 is 22.8 Å². The Kier molecular flexibility index (Phi) is 2.93. The number of aromatic amines is 1. The van der Waals surface area contributed by atoms with Crippen molar-refractivity contribution in [2.45, 2.75) is 31.2 Å². The minimum Gasteiger partial charge on any atom is -0.480 e. The molecule has 0 unspecified atom stereocenters. The molecule has 20 heavy (non-hydrogen) atoms. The van der Waals surface area contributed by atoms with Gasteiger partial charge in [-0.05, 0) is 25.3 Å². The lowest BCUT2D eigenvalue weighted by atomic mass is 9.76. The zero-order valence-electron chi connectivity index (χ0n) is 10.8. The number of carbonyl (C=O) groups excluding carboxylic acids is 1. The van der Waals surface area contributed by atoms with Crippen molar-refractivity contribution < 1.29 is 14.7 Å². The topological polar surface area (TPSA) is 95.1 Å². The van der Waals surface area contributed by atoms with Gasteiger partial charge in [-0.1, -0.05) is 18.2 Å². The number of hydrogen-bond donors (Lipinski definition) is 3. The Morgan fingerprint density at radius 2 is 2.10 bits per heavy atom. The van der Waals surface area contributed by atoms with Gasteiger partial charge >= 0.3 is 5.97 Å². The Morgan fingerprint density at radius 3 is 2.75 bits per heavy atom. The van der Waals surface area contributed by atoms with Gasteiger partial charge < -0.3 is 10.4 Å². The van der Waals surface area contributed by atoms with E-state index in [4.69, 9.17) is 0 Å². The molecule has 1 saturated carbocycles. The first kappa shape index (κ1) is 12.7. The molecular formula is C14H15N3O3. The van der Waals surface area contributed by atoms with Crippen molar-refractivity contribution in [1.82, 2.24) is 15.5 Å². The van der Waals surface area contributed by atoms with Gasteiger partial charge in [0.1, 0.15) is 5.54 Å². The second kappa shape index (κ2) is 4.63. The quantitative estimate of drug-likeness (QED) is 0.780. The predicted octanol–water partition coefficient (Wildman–Crippen LogP) is 1.23. The zero-order chi connectivity index (χ0) is 14.2. The number of para-hydroxylation sites is 1. The van der Waals surface area contributed by atoms with Gasteiger partial charge in [0.25, 0.3) is 0 Å². The van der Waals surface area contributed by atoms with Crippen LogP contribution >= 0.6 is 0 Å². The highest BCUT2D eigenvalue weighted by molar-refractivity contribution is 5.91. The molecule has 1 heterocycles. The molecule has 6 heteroatoms. The number of fused-ring (bicyclic) bond motifs is 1. The van der Waals surface area contributed by atoms with E-state index in [-0.39, 0.29) is 12.3 Å². The number of aromatic nitrogens is 2. The standard InChI is InChI=1S/C14H15N3O3/c18-12(15-14(13(19)20)6-3-7-14)8-11-9-4-1-2-5-10(9)16-17-11/h1-2,4-5H,3,6-8H2,(H,15,18)(H,16,17)(H,19,20). The molecule has 104 valence electrons. The number of nitrogens with zero attached hydrogens (tertiary/aromatic N) is 1. The van der Waals surface area contributed by atoms with Gasteiger partial charge in [-0.3, -0.25) is 9.89 Å². The summed E-state index contributed by atoms with van der Waals surface area (Å²) >= 11 is 0. The van der Waals surface area contributed by atoms with Gasteiger partial charge in [0.2, 0.25) is 5.91 Å². The normalized spacial score (nSPS) is 16.6. The van der Waals surface area contributed by atoms with Crippen LogP contribution in [0.25, 0.3) is 10.9 Å². The number of nitrogens with one attached hydrogen (secondary N) is 2. The number of rotatable bonds is 4. The highest BCUT2D eigenvalue weighted by Gasteiger charge is 2.45. The smallest absolute Gasteiger partial charge is 0.329 e. The second-order valence-electron chi connectivity index (χ2n) is 5.19. The van der Waals surface area contributed by atoms with Crippen LogP contribution in [0.15, 0.2) is 24.3 Å². The molecule has 0 radical (unpaired) electrons. The van der Waals surface area contributed by atoms with E-state index in [0.29, 0.717) is 18.5 Å². The molecule has 0 atom stereocenters. The van der Waals surface area contributed by atoms with Crippen LogP contribution in [0.2, 0.25) is 0 Å². The summed E-state index contributed by atoms with van der Waals surface area (Å²) in [6.07, 6.45) is 1.94. The Bertz CT molecular complexity index is 673. The number of carboxylic acids is 1. The molecule has 0 aliphatic heterocycles. The number of benzene rings is 1. The van der Waals surface area contributed by atoms with Gasteiger partial charge in [0.05, 0.1) is 17.6 Å². The molecule has 1 aromatic heterocycles. The third kappa shape index (κ3) is 2.03. The molecule has 0 saturated heterocycles. The third-order valence-corrected chi connectivity index (χ3v) is 3.87. The number of hydrogen-bond acceptors (Lipinski definition) is 3. The van der Waals surface area contributed by atoms with Crippen LogP contribution in [0, 0.1) is 0 Å². The Labute approximate surface area is 115 Å². The zero-order valence-corrected chi connectivity index (χ0v) is 10.8. The van der Waals surface area contributed by atoms with Gasteiger partial charge in [-0.15, -0.1) is 0 Å². The average Bonchev–Trinajstić information content (AvgIpc) is 2.77. The first-order chi connectivity index (χ1) is 9.61. The molecule has 1 aliphatic rings. The van der Waals surface area contributed by atoms with E-state index >= 15 is 0 Å². The SMILES string of the molecule is O=C(Cc1[nH]nc2ccccc12)NC1(C(=O)O)CCC1. The first-order valence-corrected chi connectivity index (χ1v) is 6.57. The summed E-state index contributed by atoms with van der Waals surface area (Å²) in [4.78, 5) is 23.3. The minimum absolute atomic E-state index is 0.107. The largest absolute Gasteiger partial charge is 0.480 e. The van der Waals surface area contributed by atoms with Crippen LogP contribution in [-0.4, -0.2) is 32.7 Å². The second-order valence-corrected chi connectivity index (χ2v) is 5.19. The van der Waals surface area contributed by atoms with Gasteiger partial charge in [0.15, 0.2) is 0 Å². The fourth-order valence-electron chi connectivity index (χ4n) is 2.54. The molecule has 1 aliphatic carbocycles. The predicted molar refractivity (Wildman–Crippen MR) is 72.2 cm³/mol. The molecule has 1 amide bonds. The third-order valence-electron chi connectivity index (χ3n) is 3.87. The van der Waals surface area contributed by atoms with Gasteiger partial charge in [-0.25, -0.2) is 4.79 Å². The molecule has 6 nitrogen and oxygen atoms in total. The van der Waals surface area contributed by atoms with E-state index in [1.54, 1.807) is 0 Å². The molecule has 3 rings (SSSR count). The summed E-state index contributed by atoms with van der Waals surface area (Å²) in [6.45, 7) is 0. The van der Waals surface area contributed by atoms with Crippen LogP contribution in [0.3, 0.4) is 0 Å². The Hall–Kier alpha value is -2.37. The minimum atomic E-state index is -1.06. The molecule has 0 spiro atoms. The summed E-state index contributed by atoms with van der Waals surface area (Å²) in [6, 6.07) is 7.50. The van der Waals surface area contributed by atoms with Gasteiger partial charge in [-0.2, -0.15) is 5.10 Å². The van der Waals surface area contributed by atoms with E-state index in [1.807, 2.05) is 24.3 Å². The Morgan fingerprint density at radius 1 is 1.35 bits per heavy atom. The number of aliphatic carboxylic acids is 1. The van der Waals surface area contributed by atoms with Crippen molar-refractivity contribution in [1.29, 1.82) is 0 Å². The maximum absolute atomic E-state index is 12.0. The average molecular weight is 273 g/mol. The van der Waals surface area contributed by atoms with Crippen LogP contribution in [0.4, 0.5) is 0 Å². The first-order valence-electron chi connectivity index (χ1n) is 6.57. The molecule has 1 fully saturated rings. The molecule has 1 aromatic carbocycles. The lowest BCUT2D eigenvalue weighted by molar-refractivity contribution is -0.151. The fraction of sp³-hybridized carbons (Fsp3) is 0.357. The van der Waals surface area contributed by atoms with Gasteiger partial charge in [0, 0.05) is 5.39 Å². The lowest BCUT2D eigenvalue weighted by Gasteiger charge is -2.38. The maximum Gasteiger partial charge on any atom is 0.329 e. The highest BCUT2D eigenvalue weighted by Crippen LogP contribution is 2.32. The lowest BCUT2D eigenvalue weighted by Crippen LogP contribution is -2.59. The van der Waals surface area contributed by atoms with Crippen molar-refractivity contribution in [3.05, 3.63) is 30.0 Å². The summed E-state index contributed by atoms with van der Waals surface area (Å²) in [5.74, 6) is -1.24. The van der Waals surface area contributed by atoms with Crippen molar-refractivity contribution in [3.63, 3.8) is 0 Å². The van der Waals surface area contributed by atoms with Crippen LogP contribution < -0.4 is 5.32 Å². The van der Waals surface area contributed by atoms with E-state index in [9.17, 15) is 14.7 Å². The van der Waals surface area contributed by atoms with Crippen LogP contribution in [-0.2, 0) is 16.0 Å². The number of carboxylic acid groups (broad SMARTS) is 1. The van der Waals surface area contributed by atoms with E-state index in [2.05, 4.69) is 15.5 Å². The molecular weight excluding hydrogens is 258 g/mol. The monoisotopic (exact) mass is 273 g/mol. The number of H-pyrrole nitrogens is 1. The summed E-state index contributed by atoms with van der Waals surface area (Å²) in [5.41, 5.74) is 0.442. The number of amides is 1. The van der Waals surface area contributed by atoms with Crippen molar-refractivity contribution in [3.8, 4) is 0 Å². The molecule has 2 aromatic rings. The summed E-state index contributed by atoms with van der Waals surface area (Å²) in [5, 5.41) is 19.7. The Balaban J connectivity index is 1.75. The molecule has 3 N–H and O–H groups in total. The summed E-state index contributed by atoms with van der Waals surface area (Å²) < 4.78 is 0. The molecule has 0 bridgehead atoms. The van der Waals surface area contributed by atoms with Crippen LogP contribution in [0.5, 0.6) is 0 Å². The van der Waals surface area contributed by atoms with Crippen LogP contribution in [0.1, 0.15) is 25.0 Å². The van der Waals surface area contributed by atoms with E-state index in [0.717, 1.165) is 17.3 Å².